The maximum Gasteiger partial charge on any atom is 0.345 e. The zero-order valence-corrected chi connectivity index (χ0v) is 22.7. The molecule has 11 nitrogen and oxygen atoms in total. The summed E-state index contributed by atoms with van der Waals surface area (Å²) < 4.78 is 23.0. The molecule has 1 aromatic heterocycles. The quantitative estimate of drug-likeness (QED) is 0.342. The van der Waals surface area contributed by atoms with Crippen molar-refractivity contribution >= 4 is 22.7 Å². The number of aliphatic hydroxyl groups is 1. The van der Waals surface area contributed by atoms with Gasteiger partial charge in [0.25, 0.3) is 0 Å². The van der Waals surface area contributed by atoms with E-state index in [9.17, 15) is 14.7 Å². The van der Waals surface area contributed by atoms with E-state index < -0.39 is 5.78 Å². The van der Waals surface area contributed by atoms with Crippen LogP contribution < -0.4 is 18.9 Å². The SMILES string of the molecule is CC#Cc1c(OC)ccc2c(C(=O)c3cc(OC)c(OC)c(OC)c3)nn(C(=O)N3CCN(CCO)CC3)c12. The predicted molar refractivity (Wildman–Crippen MR) is 144 cm³/mol. The van der Waals surface area contributed by atoms with Crippen LogP contribution >= 0.6 is 0 Å². The van der Waals surface area contributed by atoms with E-state index in [1.54, 1.807) is 36.1 Å². The summed E-state index contributed by atoms with van der Waals surface area (Å²) in [5.74, 6) is 6.92. The molecule has 1 aliphatic rings. The van der Waals surface area contributed by atoms with Gasteiger partial charge in [-0.1, -0.05) is 5.92 Å². The number of piperazine rings is 1. The van der Waals surface area contributed by atoms with Crippen molar-refractivity contribution in [2.75, 3.05) is 67.8 Å². The second kappa shape index (κ2) is 12.1. The Balaban J connectivity index is 1.87. The first kappa shape index (κ1) is 27.8. The summed E-state index contributed by atoms with van der Waals surface area (Å²) in [6, 6.07) is 6.13. The van der Waals surface area contributed by atoms with Crippen molar-refractivity contribution in [3.05, 3.63) is 41.1 Å². The molecule has 4 rings (SSSR count). The van der Waals surface area contributed by atoms with Crippen LogP contribution in [0.3, 0.4) is 0 Å². The zero-order chi connectivity index (χ0) is 28.1. The molecular formula is C28H32N4O7. The Kier molecular flexibility index (Phi) is 8.59. The van der Waals surface area contributed by atoms with E-state index in [1.807, 2.05) is 0 Å². The number of benzene rings is 2. The second-order valence-corrected chi connectivity index (χ2v) is 8.75. The topological polar surface area (TPSA) is 116 Å². The van der Waals surface area contributed by atoms with Crippen molar-refractivity contribution in [3.8, 4) is 34.8 Å². The average molecular weight is 537 g/mol. The van der Waals surface area contributed by atoms with Gasteiger partial charge in [0, 0.05) is 43.7 Å². The number of carbonyl (C=O) groups excluding carboxylic acids is 2. The number of fused-ring (bicyclic) bond motifs is 1. The van der Waals surface area contributed by atoms with E-state index >= 15 is 0 Å². The number of methoxy groups -OCH3 is 4. The minimum Gasteiger partial charge on any atom is -0.495 e. The van der Waals surface area contributed by atoms with E-state index in [0.717, 1.165) is 0 Å². The number of ketones is 1. The molecule has 0 saturated carbocycles. The number of carbonyl (C=O) groups is 2. The Hall–Kier alpha value is -4.27. The highest BCUT2D eigenvalue weighted by Crippen LogP contribution is 2.39. The van der Waals surface area contributed by atoms with Crippen LogP contribution in [0.4, 0.5) is 4.79 Å². The molecule has 2 aromatic carbocycles. The Morgan fingerprint density at radius 3 is 2.13 bits per heavy atom. The van der Waals surface area contributed by atoms with Gasteiger partial charge in [0.15, 0.2) is 11.5 Å². The Morgan fingerprint density at radius 1 is 0.949 bits per heavy atom. The third-order valence-corrected chi connectivity index (χ3v) is 6.66. The zero-order valence-electron chi connectivity index (χ0n) is 22.7. The Labute approximate surface area is 226 Å². The lowest BCUT2D eigenvalue weighted by molar-refractivity contribution is 0.103. The van der Waals surface area contributed by atoms with E-state index in [2.05, 4.69) is 21.8 Å². The molecule has 206 valence electrons. The maximum atomic E-state index is 13.9. The van der Waals surface area contributed by atoms with Crippen LogP contribution in [0.2, 0.25) is 0 Å². The van der Waals surface area contributed by atoms with Gasteiger partial charge in [-0.05, 0) is 31.2 Å². The van der Waals surface area contributed by atoms with E-state index in [4.69, 9.17) is 18.9 Å². The molecule has 2 heterocycles. The van der Waals surface area contributed by atoms with Crippen molar-refractivity contribution in [3.63, 3.8) is 0 Å². The number of rotatable bonds is 8. The molecule has 0 radical (unpaired) electrons. The van der Waals surface area contributed by atoms with Gasteiger partial charge >= 0.3 is 6.03 Å². The van der Waals surface area contributed by atoms with Gasteiger partial charge in [0.1, 0.15) is 11.4 Å². The van der Waals surface area contributed by atoms with Gasteiger partial charge in [-0.15, -0.1) is 5.92 Å². The van der Waals surface area contributed by atoms with Crippen molar-refractivity contribution in [2.45, 2.75) is 6.92 Å². The fourth-order valence-electron chi connectivity index (χ4n) is 4.70. The Morgan fingerprint density at radius 2 is 1.59 bits per heavy atom. The minimum absolute atomic E-state index is 0.0585. The summed E-state index contributed by atoms with van der Waals surface area (Å²) >= 11 is 0. The first-order valence-corrected chi connectivity index (χ1v) is 12.4. The van der Waals surface area contributed by atoms with Gasteiger partial charge in [-0.3, -0.25) is 9.69 Å². The smallest absolute Gasteiger partial charge is 0.345 e. The molecule has 11 heteroatoms. The lowest BCUT2D eigenvalue weighted by Crippen LogP contribution is -2.50. The van der Waals surface area contributed by atoms with Crippen molar-refractivity contribution in [1.82, 2.24) is 19.6 Å². The fraction of sp³-hybridized carbons (Fsp3) is 0.393. The summed E-state index contributed by atoms with van der Waals surface area (Å²) in [6.45, 7) is 4.44. The van der Waals surface area contributed by atoms with E-state index in [-0.39, 0.29) is 23.9 Å². The molecule has 1 amide bonds. The maximum absolute atomic E-state index is 13.9. The first-order valence-electron chi connectivity index (χ1n) is 12.4. The van der Waals surface area contributed by atoms with Crippen LogP contribution in [0.15, 0.2) is 24.3 Å². The molecule has 0 atom stereocenters. The summed E-state index contributed by atoms with van der Waals surface area (Å²) in [5.41, 5.74) is 1.18. The standard InChI is InChI=1S/C28H32N4O7/c1-6-7-19-21(36-2)9-8-20-24(26(34)18-16-22(37-3)27(39-5)23(17-18)38-4)29-32(25(19)20)28(35)31-12-10-30(11-13-31)14-15-33/h8-9,16-17,33H,10-15H2,1-5H3. The van der Waals surface area contributed by atoms with Gasteiger partial charge in [0.2, 0.25) is 11.5 Å². The molecule has 1 saturated heterocycles. The van der Waals surface area contributed by atoms with Crippen LogP contribution in [-0.2, 0) is 0 Å². The van der Waals surface area contributed by atoms with Gasteiger partial charge in [-0.25, -0.2) is 4.79 Å². The van der Waals surface area contributed by atoms with Crippen LogP contribution in [0.5, 0.6) is 23.0 Å². The molecule has 39 heavy (non-hydrogen) atoms. The van der Waals surface area contributed by atoms with Crippen molar-refractivity contribution in [1.29, 1.82) is 0 Å². The average Bonchev–Trinajstić information content (AvgIpc) is 3.36. The Bertz CT molecular complexity index is 1420. The molecule has 0 aliphatic carbocycles. The number of hydrogen-bond donors (Lipinski definition) is 1. The predicted octanol–water partition coefficient (Wildman–Crippen LogP) is 2.25. The molecular weight excluding hydrogens is 504 g/mol. The summed E-state index contributed by atoms with van der Waals surface area (Å²) in [6.07, 6.45) is 0. The number of hydrogen-bond acceptors (Lipinski definition) is 9. The van der Waals surface area contributed by atoms with Crippen LogP contribution in [0.25, 0.3) is 10.9 Å². The van der Waals surface area contributed by atoms with Crippen LogP contribution in [0.1, 0.15) is 28.5 Å². The second-order valence-electron chi connectivity index (χ2n) is 8.75. The highest BCUT2D eigenvalue weighted by molar-refractivity contribution is 6.17. The summed E-state index contributed by atoms with van der Waals surface area (Å²) in [4.78, 5) is 31.5. The van der Waals surface area contributed by atoms with Crippen molar-refractivity contribution in [2.24, 2.45) is 0 Å². The van der Waals surface area contributed by atoms with E-state index in [0.29, 0.717) is 72.2 Å². The number of nitrogens with zero attached hydrogens (tertiary/aromatic N) is 4. The molecule has 3 aromatic rings. The largest absolute Gasteiger partial charge is 0.495 e. The normalized spacial score (nSPS) is 13.5. The number of β-amino-alcohol motifs (C(OH)–C–C–N with tert-alkyl or cyclic N) is 1. The number of ether oxygens (including phenoxy) is 4. The van der Waals surface area contributed by atoms with Crippen LogP contribution in [0, 0.1) is 11.8 Å². The van der Waals surface area contributed by atoms with Gasteiger partial charge in [-0.2, -0.15) is 9.78 Å². The van der Waals surface area contributed by atoms with Gasteiger partial charge in [0.05, 0.1) is 46.1 Å². The molecule has 1 aliphatic heterocycles. The third-order valence-electron chi connectivity index (χ3n) is 6.66. The molecule has 0 spiro atoms. The molecule has 0 bridgehead atoms. The van der Waals surface area contributed by atoms with Gasteiger partial charge < -0.3 is 29.0 Å². The highest BCUT2D eigenvalue weighted by Gasteiger charge is 2.30. The monoisotopic (exact) mass is 536 g/mol. The molecule has 1 N–H and O–H groups in total. The molecule has 1 fully saturated rings. The summed E-state index contributed by atoms with van der Waals surface area (Å²) in [5, 5.41) is 14.3. The number of amides is 1. The fourth-order valence-corrected chi connectivity index (χ4v) is 4.70. The van der Waals surface area contributed by atoms with Crippen molar-refractivity contribution < 1.29 is 33.6 Å². The third kappa shape index (κ3) is 5.21. The lowest BCUT2D eigenvalue weighted by Gasteiger charge is -2.34. The number of aromatic nitrogens is 2. The first-order chi connectivity index (χ1) is 18.9. The number of aliphatic hydroxyl groups excluding tert-OH is 1. The molecule has 0 unspecified atom stereocenters. The summed E-state index contributed by atoms with van der Waals surface area (Å²) in [7, 11) is 5.94. The highest BCUT2D eigenvalue weighted by atomic mass is 16.5. The minimum atomic E-state index is -0.431. The lowest BCUT2D eigenvalue weighted by atomic mass is 10.0. The van der Waals surface area contributed by atoms with E-state index in [1.165, 1.54) is 33.1 Å². The van der Waals surface area contributed by atoms with Crippen LogP contribution in [-0.4, -0.2) is 104 Å².